The van der Waals surface area contributed by atoms with Crippen LogP contribution in [0.25, 0.3) is 12.2 Å². The number of benzene rings is 2. The predicted molar refractivity (Wildman–Crippen MR) is 93.5 cm³/mol. The molecule has 1 amide bonds. The fraction of sp³-hybridized carbons (Fsp3) is 0. The van der Waals surface area contributed by atoms with Gasteiger partial charge < -0.3 is 5.32 Å². The zero-order chi connectivity index (χ0) is 19.5. The highest BCUT2D eigenvalue weighted by atomic mass is 32.2. The summed E-state index contributed by atoms with van der Waals surface area (Å²) in [4.78, 5) is 9.27. The van der Waals surface area contributed by atoms with Crippen molar-refractivity contribution in [2.24, 2.45) is 0 Å². The lowest BCUT2D eigenvalue weighted by molar-refractivity contribution is 0.481. The van der Waals surface area contributed by atoms with Crippen LogP contribution in [0.5, 0.6) is 0 Å². The highest BCUT2D eigenvalue weighted by molar-refractivity contribution is 7.86. The van der Waals surface area contributed by atoms with Gasteiger partial charge in [-0.3, -0.25) is 19.6 Å². The van der Waals surface area contributed by atoms with Crippen molar-refractivity contribution in [3.63, 3.8) is 0 Å². The van der Waals surface area contributed by atoms with Gasteiger partial charge in [-0.2, -0.15) is 16.8 Å². The Bertz CT molecular complexity index is 1090. The summed E-state index contributed by atoms with van der Waals surface area (Å²) in [5, 5.41) is 2.03. The van der Waals surface area contributed by atoms with Gasteiger partial charge in [0.05, 0.1) is 11.4 Å². The maximum absolute atomic E-state index is 11.4. The maximum atomic E-state index is 11.4. The monoisotopic (exact) mass is 396 g/mol. The van der Waals surface area contributed by atoms with Crippen LogP contribution in [0.4, 0.5) is 11.4 Å². The van der Waals surface area contributed by atoms with Crippen molar-refractivity contribution >= 4 is 50.2 Å². The van der Waals surface area contributed by atoms with Crippen LogP contribution in [0.1, 0.15) is 11.1 Å². The molecule has 0 bridgehead atoms. The third-order valence-electron chi connectivity index (χ3n) is 3.22. The lowest BCUT2D eigenvalue weighted by atomic mass is 10.1. The first-order chi connectivity index (χ1) is 12.0. The molecule has 0 saturated heterocycles. The van der Waals surface area contributed by atoms with E-state index in [2.05, 4.69) is 0 Å². The molecule has 0 spiro atoms. The topological polar surface area (TPSA) is 162 Å². The summed E-state index contributed by atoms with van der Waals surface area (Å²) >= 11 is 0. The van der Waals surface area contributed by atoms with Crippen LogP contribution < -0.4 is 11.1 Å². The van der Waals surface area contributed by atoms with Gasteiger partial charge in [-0.15, -0.1) is 0 Å². The first-order valence-corrected chi connectivity index (χ1v) is 9.66. The van der Waals surface area contributed by atoms with E-state index in [9.17, 15) is 26.2 Å². The minimum atomic E-state index is -4.61. The molecule has 0 heterocycles. The molecule has 0 unspecified atom stereocenters. The van der Waals surface area contributed by atoms with Crippen molar-refractivity contribution in [2.45, 2.75) is 9.79 Å². The van der Waals surface area contributed by atoms with Gasteiger partial charge >= 0.3 is 6.41 Å². The second-order valence-electron chi connectivity index (χ2n) is 5.02. The Morgan fingerprint density at radius 2 is 1.38 bits per heavy atom. The highest BCUT2D eigenvalue weighted by Gasteiger charge is 2.16. The summed E-state index contributed by atoms with van der Waals surface area (Å²) in [6, 6.07) is 7.45. The van der Waals surface area contributed by atoms with Gasteiger partial charge in [-0.1, -0.05) is 24.3 Å². The lowest BCUT2D eigenvalue weighted by Gasteiger charge is -2.06. The Morgan fingerprint density at radius 1 is 0.885 bits per heavy atom. The van der Waals surface area contributed by atoms with E-state index in [1.807, 2.05) is 5.32 Å². The molecule has 136 valence electrons. The van der Waals surface area contributed by atoms with Crippen LogP contribution in [0.2, 0.25) is 0 Å². The summed E-state index contributed by atoms with van der Waals surface area (Å²) in [5.41, 5.74) is 7.59. The number of carbonyl (C=O) groups excluding carboxylic acids is 1. The number of anilines is 1. The van der Waals surface area contributed by atoms with Gasteiger partial charge in [0.2, 0.25) is 0 Å². The summed E-state index contributed by atoms with van der Waals surface area (Å²) in [6.07, 6.45) is 4.13. The van der Waals surface area contributed by atoms with Crippen molar-refractivity contribution in [1.82, 2.24) is 5.73 Å². The largest absolute Gasteiger partial charge is 0.316 e. The Morgan fingerprint density at radius 3 is 1.88 bits per heavy atom. The molecule has 9 nitrogen and oxygen atoms in total. The molecule has 0 saturated carbocycles. The van der Waals surface area contributed by atoms with E-state index >= 15 is 0 Å². The Hall–Kier alpha value is -2.73. The molecule has 4 N–H and O–H groups in total. The average molecular weight is 396 g/mol. The van der Waals surface area contributed by atoms with Crippen molar-refractivity contribution in [3.8, 4) is 0 Å². The summed E-state index contributed by atoms with van der Waals surface area (Å²) in [7, 11) is -9.16. The third kappa shape index (κ3) is 4.67. The van der Waals surface area contributed by atoms with Gasteiger partial charge in [-0.05, 0) is 35.4 Å². The normalized spacial score (nSPS) is 12.2. The molecule has 2 aromatic carbocycles. The average Bonchev–Trinajstić information content (AvgIpc) is 2.53. The summed E-state index contributed by atoms with van der Waals surface area (Å²) in [6.45, 7) is 0. The first kappa shape index (κ1) is 19.6. The van der Waals surface area contributed by atoms with Crippen LogP contribution in [0.15, 0.2) is 46.2 Å². The Balaban J connectivity index is 2.44. The van der Waals surface area contributed by atoms with Crippen LogP contribution in [0.3, 0.4) is 0 Å². The van der Waals surface area contributed by atoms with E-state index < -0.39 is 30.0 Å². The molecular formula is C15H12N2O7S2. The zero-order valence-corrected chi connectivity index (χ0v) is 14.5. The highest BCUT2D eigenvalue weighted by Crippen LogP contribution is 2.25. The Kier molecular flexibility index (Phi) is 5.47. The van der Waals surface area contributed by atoms with E-state index in [0.29, 0.717) is 11.1 Å². The van der Waals surface area contributed by atoms with Gasteiger partial charge in [-0.25, -0.2) is 0 Å². The predicted octanol–water partition coefficient (Wildman–Crippen LogP) is 1.74. The number of hydrogen-bond donors (Lipinski definition) is 3. The Labute approximate surface area is 149 Å². The lowest BCUT2D eigenvalue weighted by Crippen LogP contribution is -2.05. The zero-order valence-electron chi connectivity index (χ0n) is 12.9. The molecule has 2 aromatic rings. The summed E-state index contributed by atoms with van der Waals surface area (Å²) < 4.78 is 63.5. The number of nitrogens with one attached hydrogen (secondary N) is 2. The van der Waals surface area contributed by atoms with E-state index in [0.717, 1.165) is 12.1 Å². The minimum absolute atomic E-state index is 0.160. The molecule has 0 aromatic heterocycles. The third-order valence-corrected chi connectivity index (χ3v) is 5.01. The first-order valence-electron chi connectivity index (χ1n) is 6.78. The van der Waals surface area contributed by atoms with E-state index in [4.69, 9.17) is 10.3 Å². The van der Waals surface area contributed by atoms with Gasteiger partial charge in [0.1, 0.15) is 9.79 Å². The van der Waals surface area contributed by atoms with E-state index in [-0.39, 0.29) is 11.4 Å². The molecule has 11 heteroatoms. The van der Waals surface area contributed by atoms with Crippen molar-refractivity contribution in [1.29, 1.82) is 0 Å². The fourth-order valence-corrected chi connectivity index (χ4v) is 3.38. The van der Waals surface area contributed by atoms with E-state index in [1.165, 1.54) is 42.8 Å². The molecule has 2 rings (SSSR count). The molecule has 0 aliphatic carbocycles. The van der Waals surface area contributed by atoms with E-state index in [1.54, 1.807) is 0 Å². The quantitative estimate of drug-likeness (QED) is 0.380. The SMILES string of the molecule is [NH]c1ccc(C=Cc2ccc(N[C]=O)c(S(=O)(=O)O)c2)cc1S(=O)(=O)O. The molecule has 0 aliphatic rings. The number of amides is 1. The fourth-order valence-electron chi connectivity index (χ4n) is 2.06. The summed E-state index contributed by atoms with van der Waals surface area (Å²) in [5.74, 6) is 0. The van der Waals surface area contributed by atoms with Gasteiger partial charge in [0.25, 0.3) is 20.2 Å². The maximum Gasteiger partial charge on any atom is 0.314 e. The second kappa shape index (κ2) is 7.25. The molecule has 0 aliphatic heterocycles. The van der Waals surface area contributed by atoms with Crippen LogP contribution in [-0.4, -0.2) is 32.4 Å². The molecule has 2 radical (unpaired) electrons. The van der Waals surface area contributed by atoms with Crippen molar-refractivity contribution in [3.05, 3.63) is 47.5 Å². The molecule has 0 fully saturated rings. The van der Waals surface area contributed by atoms with Gasteiger partial charge in [0.15, 0.2) is 0 Å². The smallest absolute Gasteiger partial charge is 0.314 e. The molecule has 26 heavy (non-hydrogen) atoms. The van der Waals surface area contributed by atoms with Crippen molar-refractivity contribution in [2.75, 3.05) is 5.32 Å². The van der Waals surface area contributed by atoms with Crippen LogP contribution >= 0.6 is 0 Å². The van der Waals surface area contributed by atoms with Crippen LogP contribution in [-0.2, 0) is 25.0 Å². The van der Waals surface area contributed by atoms with Crippen molar-refractivity contribution < 1.29 is 30.7 Å². The minimum Gasteiger partial charge on any atom is -0.316 e. The second-order valence-corrected chi connectivity index (χ2v) is 7.80. The molecule has 0 atom stereocenters. The number of hydrogen-bond acceptors (Lipinski definition) is 5. The number of rotatable bonds is 6. The van der Waals surface area contributed by atoms with Crippen LogP contribution in [0, 0.1) is 0 Å². The molecular weight excluding hydrogens is 384 g/mol. The van der Waals surface area contributed by atoms with Gasteiger partial charge in [0, 0.05) is 0 Å². The standard InChI is InChI=1S/C15H12N2O7S2/c16-12-5-3-10(7-14(12)25(19,20)21)1-2-11-4-6-13(17-9-18)15(8-11)26(22,23)24/h1-8,16H,(H,17,18)(H,19,20,21)(H,22,23,24).